The SMILES string of the molecule is c1ccc(-c2noc3c4c(ccc23)OCCO4)cc1. The second-order valence-electron chi connectivity index (χ2n) is 4.36. The van der Waals surface area contributed by atoms with E-state index in [0.717, 1.165) is 22.4 Å². The second-order valence-corrected chi connectivity index (χ2v) is 4.36. The van der Waals surface area contributed by atoms with Gasteiger partial charge >= 0.3 is 0 Å². The number of fused-ring (bicyclic) bond motifs is 3. The van der Waals surface area contributed by atoms with E-state index in [4.69, 9.17) is 14.0 Å². The first-order valence-electron chi connectivity index (χ1n) is 6.17. The predicted molar refractivity (Wildman–Crippen MR) is 70.4 cm³/mol. The first kappa shape index (κ1) is 10.4. The number of aromatic nitrogens is 1. The van der Waals surface area contributed by atoms with Crippen molar-refractivity contribution in [3.8, 4) is 22.8 Å². The van der Waals surface area contributed by atoms with Gasteiger partial charge in [-0.2, -0.15) is 0 Å². The Morgan fingerprint density at radius 3 is 2.63 bits per heavy atom. The van der Waals surface area contributed by atoms with Gasteiger partial charge < -0.3 is 14.0 Å². The van der Waals surface area contributed by atoms with Crippen LogP contribution >= 0.6 is 0 Å². The Hall–Kier alpha value is -2.49. The van der Waals surface area contributed by atoms with Crippen LogP contribution in [0.2, 0.25) is 0 Å². The molecule has 0 N–H and O–H groups in total. The largest absolute Gasteiger partial charge is 0.486 e. The molecule has 94 valence electrons. The van der Waals surface area contributed by atoms with E-state index in [1.54, 1.807) is 0 Å². The molecule has 4 heteroatoms. The van der Waals surface area contributed by atoms with Crippen molar-refractivity contribution in [3.05, 3.63) is 42.5 Å². The van der Waals surface area contributed by atoms with Crippen molar-refractivity contribution >= 4 is 11.0 Å². The molecule has 1 aliphatic rings. The maximum Gasteiger partial charge on any atom is 0.213 e. The zero-order valence-electron chi connectivity index (χ0n) is 10.1. The highest BCUT2D eigenvalue weighted by molar-refractivity contribution is 5.96. The van der Waals surface area contributed by atoms with Crippen LogP contribution in [-0.4, -0.2) is 18.4 Å². The average molecular weight is 253 g/mol. The number of ether oxygens (including phenoxy) is 2. The molecule has 0 saturated heterocycles. The summed E-state index contributed by atoms with van der Waals surface area (Å²) in [6.45, 7) is 1.10. The number of hydrogen-bond acceptors (Lipinski definition) is 4. The minimum Gasteiger partial charge on any atom is -0.486 e. The van der Waals surface area contributed by atoms with Gasteiger partial charge in [-0.3, -0.25) is 0 Å². The molecule has 0 radical (unpaired) electrons. The van der Waals surface area contributed by atoms with Crippen LogP contribution < -0.4 is 9.47 Å². The van der Waals surface area contributed by atoms with E-state index in [0.29, 0.717) is 24.5 Å². The van der Waals surface area contributed by atoms with Crippen LogP contribution in [0.3, 0.4) is 0 Å². The molecular formula is C15H11NO3. The van der Waals surface area contributed by atoms with Crippen LogP contribution in [0.4, 0.5) is 0 Å². The fourth-order valence-electron chi connectivity index (χ4n) is 2.31. The molecule has 4 rings (SSSR count). The average Bonchev–Trinajstić information content (AvgIpc) is 2.92. The van der Waals surface area contributed by atoms with E-state index in [9.17, 15) is 0 Å². The van der Waals surface area contributed by atoms with Crippen molar-refractivity contribution < 1.29 is 14.0 Å². The van der Waals surface area contributed by atoms with E-state index < -0.39 is 0 Å². The molecule has 1 aliphatic heterocycles. The van der Waals surface area contributed by atoms with Crippen LogP contribution in [0.25, 0.3) is 22.2 Å². The van der Waals surface area contributed by atoms with Crippen molar-refractivity contribution in [3.63, 3.8) is 0 Å². The molecule has 0 fully saturated rings. The monoisotopic (exact) mass is 253 g/mol. The molecule has 3 aromatic rings. The van der Waals surface area contributed by atoms with Gasteiger partial charge in [0.2, 0.25) is 11.3 Å². The standard InChI is InChI=1S/C15H11NO3/c1-2-4-10(5-3-1)13-11-6-7-12-15(14(11)19-16-13)18-9-8-17-12/h1-7H,8-9H2. The van der Waals surface area contributed by atoms with Gasteiger partial charge in [0, 0.05) is 5.56 Å². The molecule has 0 amide bonds. The molecule has 0 saturated carbocycles. The first-order chi connectivity index (χ1) is 9.43. The highest BCUT2D eigenvalue weighted by Gasteiger charge is 2.21. The molecule has 19 heavy (non-hydrogen) atoms. The molecule has 1 aromatic heterocycles. The topological polar surface area (TPSA) is 44.5 Å². The quantitative estimate of drug-likeness (QED) is 0.667. The van der Waals surface area contributed by atoms with Crippen molar-refractivity contribution in [2.24, 2.45) is 0 Å². The van der Waals surface area contributed by atoms with Crippen molar-refractivity contribution in [2.45, 2.75) is 0 Å². The van der Waals surface area contributed by atoms with Crippen LogP contribution in [0.1, 0.15) is 0 Å². The third-order valence-corrected chi connectivity index (χ3v) is 3.19. The van der Waals surface area contributed by atoms with E-state index >= 15 is 0 Å². The van der Waals surface area contributed by atoms with Gasteiger partial charge in [-0.1, -0.05) is 35.5 Å². The van der Waals surface area contributed by atoms with Crippen LogP contribution in [-0.2, 0) is 0 Å². The Kier molecular flexibility index (Phi) is 2.21. The fourth-order valence-corrected chi connectivity index (χ4v) is 2.31. The Labute approximate surface area is 109 Å². The van der Waals surface area contributed by atoms with Gasteiger partial charge in [0.1, 0.15) is 18.9 Å². The maximum absolute atomic E-state index is 5.63. The van der Waals surface area contributed by atoms with Gasteiger partial charge in [-0.25, -0.2) is 0 Å². The summed E-state index contributed by atoms with van der Waals surface area (Å²) in [5, 5.41) is 5.10. The third-order valence-electron chi connectivity index (χ3n) is 3.19. The lowest BCUT2D eigenvalue weighted by Gasteiger charge is -2.17. The molecule has 0 atom stereocenters. The molecule has 0 spiro atoms. The highest BCUT2D eigenvalue weighted by Crippen LogP contribution is 2.40. The van der Waals surface area contributed by atoms with Gasteiger partial charge in [-0.05, 0) is 12.1 Å². The fraction of sp³-hybridized carbons (Fsp3) is 0.133. The molecule has 2 aromatic carbocycles. The van der Waals surface area contributed by atoms with Gasteiger partial charge in [0.05, 0.1) is 5.39 Å². The van der Waals surface area contributed by atoms with Gasteiger partial charge in [-0.15, -0.1) is 0 Å². The number of nitrogens with zero attached hydrogens (tertiary/aromatic N) is 1. The Morgan fingerprint density at radius 2 is 1.74 bits per heavy atom. The van der Waals surface area contributed by atoms with Crippen LogP contribution in [0.15, 0.2) is 47.0 Å². The van der Waals surface area contributed by atoms with Crippen LogP contribution in [0.5, 0.6) is 11.5 Å². The lowest BCUT2D eigenvalue weighted by molar-refractivity contribution is 0.171. The smallest absolute Gasteiger partial charge is 0.213 e. The normalized spacial score (nSPS) is 13.7. The Bertz CT molecular complexity index is 734. The second kappa shape index (κ2) is 4.02. The van der Waals surface area contributed by atoms with Gasteiger partial charge in [0.25, 0.3) is 0 Å². The summed E-state index contributed by atoms with van der Waals surface area (Å²) in [6.07, 6.45) is 0. The molecule has 4 nitrogen and oxygen atoms in total. The zero-order valence-corrected chi connectivity index (χ0v) is 10.1. The minimum atomic E-state index is 0.535. The first-order valence-corrected chi connectivity index (χ1v) is 6.17. The molecular weight excluding hydrogens is 242 g/mol. The summed E-state index contributed by atoms with van der Waals surface area (Å²) in [5.74, 6) is 1.37. The lowest BCUT2D eigenvalue weighted by atomic mass is 10.1. The number of hydrogen-bond donors (Lipinski definition) is 0. The lowest BCUT2D eigenvalue weighted by Crippen LogP contribution is -2.15. The molecule has 0 bridgehead atoms. The van der Waals surface area contributed by atoms with E-state index in [2.05, 4.69) is 5.16 Å². The number of rotatable bonds is 1. The summed E-state index contributed by atoms with van der Waals surface area (Å²) in [6, 6.07) is 13.8. The summed E-state index contributed by atoms with van der Waals surface area (Å²) in [4.78, 5) is 0. The number of benzene rings is 2. The van der Waals surface area contributed by atoms with Gasteiger partial charge in [0.15, 0.2) is 5.75 Å². The summed E-state index contributed by atoms with van der Waals surface area (Å²) in [5.41, 5.74) is 2.50. The maximum atomic E-state index is 5.63. The zero-order chi connectivity index (χ0) is 12.7. The molecule has 0 unspecified atom stereocenters. The minimum absolute atomic E-state index is 0.535. The van der Waals surface area contributed by atoms with E-state index in [-0.39, 0.29) is 0 Å². The summed E-state index contributed by atoms with van der Waals surface area (Å²) in [7, 11) is 0. The predicted octanol–water partition coefficient (Wildman–Crippen LogP) is 3.27. The summed E-state index contributed by atoms with van der Waals surface area (Å²) < 4.78 is 16.6. The molecule has 0 aliphatic carbocycles. The van der Waals surface area contributed by atoms with Crippen molar-refractivity contribution in [1.82, 2.24) is 5.16 Å². The van der Waals surface area contributed by atoms with E-state index in [1.807, 2.05) is 42.5 Å². The summed E-state index contributed by atoms with van der Waals surface area (Å²) >= 11 is 0. The third kappa shape index (κ3) is 1.57. The van der Waals surface area contributed by atoms with Crippen molar-refractivity contribution in [2.75, 3.05) is 13.2 Å². The Morgan fingerprint density at radius 1 is 0.895 bits per heavy atom. The highest BCUT2D eigenvalue weighted by atomic mass is 16.6. The van der Waals surface area contributed by atoms with Crippen LogP contribution in [0, 0.1) is 0 Å². The molecule has 2 heterocycles. The van der Waals surface area contributed by atoms with E-state index in [1.165, 1.54) is 0 Å². The van der Waals surface area contributed by atoms with Crippen molar-refractivity contribution in [1.29, 1.82) is 0 Å². The Balaban J connectivity index is 1.96.